The Labute approximate surface area is 180 Å². The third-order valence-corrected chi connectivity index (χ3v) is 5.65. The van der Waals surface area contributed by atoms with Crippen LogP contribution in [0.1, 0.15) is 19.4 Å². The van der Waals surface area contributed by atoms with Gasteiger partial charge in [0.1, 0.15) is 18.7 Å². The first-order valence-electron chi connectivity index (χ1n) is 10.3. The minimum atomic E-state index is -1.19. The number of carbonyl (C=O) groups is 3. The Hall–Kier alpha value is -3.55. The molecule has 0 bridgehead atoms. The number of fused-ring (bicyclic) bond motifs is 1. The average molecular weight is 423 g/mol. The number of imide groups is 1. The zero-order valence-corrected chi connectivity index (χ0v) is 17.5. The van der Waals surface area contributed by atoms with E-state index in [9.17, 15) is 14.4 Å². The zero-order chi connectivity index (χ0) is 22.0. The van der Waals surface area contributed by atoms with Gasteiger partial charge in [0, 0.05) is 6.54 Å². The van der Waals surface area contributed by atoms with Gasteiger partial charge >= 0.3 is 6.03 Å². The Morgan fingerprint density at radius 3 is 2.52 bits per heavy atom. The molecule has 4 rings (SSSR count). The Bertz CT molecular complexity index is 996. The Kier molecular flexibility index (Phi) is 5.54. The van der Waals surface area contributed by atoms with E-state index in [4.69, 9.17) is 9.47 Å². The predicted molar refractivity (Wildman–Crippen MR) is 113 cm³/mol. The lowest BCUT2D eigenvalue weighted by molar-refractivity contribution is -0.139. The fourth-order valence-electron chi connectivity index (χ4n) is 3.85. The Balaban J connectivity index is 1.42. The van der Waals surface area contributed by atoms with E-state index in [0.29, 0.717) is 36.8 Å². The van der Waals surface area contributed by atoms with Gasteiger partial charge in [0.2, 0.25) is 5.91 Å². The first-order valence-corrected chi connectivity index (χ1v) is 10.3. The number of ether oxygens (including phenoxy) is 2. The molecule has 0 unspecified atom stereocenters. The monoisotopic (exact) mass is 423 g/mol. The standard InChI is InChI=1S/C23H25N3O5/c1-3-25(13-17-15-30-18-11-7-8-12-19(18)31-17)20(27)14-26-21(28)23(2,24-22(26)29)16-9-5-4-6-10-16/h4-12,17H,3,13-15H2,1-2H3,(H,24,29)/t17-,23+/m0/s1. The maximum absolute atomic E-state index is 13.0. The largest absolute Gasteiger partial charge is 0.486 e. The zero-order valence-electron chi connectivity index (χ0n) is 17.5. The van der Waals surface area contributed by atoms with Gasteiger partial charge < -0.3 is 19.7 Å². The van der Waals surface area contributed by atoms with Gasteiger partial charge in [0.05, 0.1) is 6.54 Å². The number of likely N-dealkylation sites (N-methyl/N-ethyl adjacent to an activating group) is 1. The molecule has 2 atom stereocenters. The Morgan fingerprint density at radius 2 is 1.81 bits per heavy atom. The van der Waals surface area contributed by atoms with E-state index < -0.39 is 17.5 Å². The van der Waals surface area contributed by atoms with Crippen LogP contribution in [0.4, 0.5) is 4.79 Å². The number of para-hydroxylation sites is 2. The van der Waals surface area contributed by atoms with Gasteiger partial charge in [0.15, 0.2) is 17.6 Å². The van der Waals surface area contributed by atoms with Crippen molar-refractivity contribution in [3.8, 4) is 11.5 Å². The SMILES string of the molecule is CCN(C[C@H]1COc2ccccc2O1)C(=O)CN1C(=O)N[C@](C)(c2ccccc2)C1=O. The second-order valence-corrected chi connectivity index (χ2v) is 7.74. The van der Waals surface area contributed by atoms with Crippen molar-refractivity contribution >= 4 is 17.8 Å². The van der Waals surface area contributed by atoms with Crippen LogP contribution in [0, 0.1) is 0 Å². The predicted octanol–water partition coefficient (Wildman–Crippen LogP) is 2.14. The van der Waals surface area contributed by atoms with Gasteiger partial charge in [-0.05, 0) is 31.5 Å². The molecule has 2 heterocycles. The maximum atomic E-state index is 13.0. The van der Waals surface area contributed by atoms with Gasteiger partial charge in [-0.25, -0.2) is 4.79 Å². The minimum Gasteiger partial charge on any atom is -0.486 e. The van der Waals surface area contributed by atoms with Crippen molar-refractivity contribution in [2.24, 2.45) is 0 Å². The van der Waals surface area contributed by atoms with Gasteiger partial charge in [-0.2, -0.15) is 0 Å². The molecule has 8 heteroatoms. The van der Waals surface area contributed by atoms with E-state index in [1.54, 1.807) is 36.1 Å². The molecule has 2 aliphatic heterocycles. The van der Waals surface area contributed by atoms with E-state index in [1.807, 2.05) is 37.3 Å². The smallest absolute Gasteiger partial charge is 0.325 e. The molecule has 1 fully saturated rings. The number of benzene rings is 2. The summed E-state index contributed by atoms with van der Waals surface area (Å²) >= 11 is 0. The highest BCUT2D eigenvalue weighted by molar-refractivity contribution is 6.09. The van der Waals surface area contributed by atoms with Crippen LogP contribution in [0.2, 0.25) is 0 Å². The summed E-state index contributed by atoms with van der Waals surface area (Å²) in [6, 6.07) is 15.8. The molecule has 0 spiro atoms. The molecule has 162 valence electrons. The van der Waals surface area contributed by atoms with E-state index in [1.165, 1.54) is 0 Å². The van der Waals surface area contributed by atoms with Crippen LogP contribution in [0.15, 0.2) is 54.6 Å². The van der Waals surface area contributed by atoms with E-state index in [2.05, 4.69) is 5.32 Å². The second-order valence-electron chi connectivity index (χ2n) is 7.74. The summed E-state index contributed by atoms with van der Waals surface area (Å²) in [6.45, 7) is 4.19. The fourth-order valence-corrected chi connectivity index (χ4v) is 3.85. The fraction of sp³-hybridized carbons (Fsp3) is 0.348. The molecule has 0 aromatic heterocycles. The van der Waals surface area contributed by atoms with Gasteiger partial charge in [-0.3, -0.25) is 14.5 Å². The molecule has 2 aromatic rings. The highest BCUT2D eigenvalue weighted by Crippen LogP contribution is 2.31. The van der Waals surface area contributed by atoms with Crippen molar-refractivity contribution < 1.29 is 23.9 Å². The molecule has 8 nitrogen and oxygen atoms in total. The third kappa shape index (κ3) is 3.93. The number of rotatable bonds is 6. The number of nitrogens with one attached hydrogen (secondary N) is 1. The molecule has 1 saturated heterocycles. The van der Waals surface area contributed by atoms with Gasteiger partial charge in [-0.1, -0.05) is 42.5 Å². The van der Waals surface area contributed by atoms with Gasteiger partial charge in [0.25, 0.3) is 5.91 Å². The maximum Gasteiger partial charge on any atom is 0.325 e. The van der Waals surface area contributed by atoms with E-state index in [-0.39, 0.29) is 18.6 Å². The highest BCUT2D eigenvalue weighted by Gasteiger charge is 2.49. The number of urea groups is 1. The lowest BCUT2D eigenvalue weighted by Gasteiger charge is -2.31. The number of amides is 4. The minimum absolute atomic E-state index is 0.295. The molecule has 0 radical (unpaired) electrons. The van der Waals surface area contributed by atoms with Crippen LogP contribution < -0.4 is 14.8 Å². The molecule has 0 saturated carbocycles. The van der Waals surface area contributed by atoms with E-state index >= 15 is 0 Å². The molecule has 2 aliphatic rings. The number of hydrogen-bond donors (Lipinski definition) is 1. The number of carbonyl (C=O) groups excluding carboxylic acids is 3. The molecule has 0 aliphatic carbocycles. The lowest BCUT2D eigenvalue weighted by atomic mass is 9.92. The summed E-state index contributed by atoms with van der Waals surface area (Å²) in [4.78, 5) is 41.1. The van der Waals surface area contributed by atoms with Crippen LogP contribution >= 0.6 is 0 Å². The van der Waals surface area contributed by atoms with Crippen LogP contribution in [0.5, 0.6) is 11.5 Å². The molecule has 4 amide bonds. The van der Waals surface area contributed by atoms with Crippen molar-refractivity contribution in [3.05, 3.63) is 60.2 Å². The summed E-state index contributed by atoms with van der Waals surface area (Å²) in [5.74, 6) is 0.535. The molecular weight excluding hydrogens is 398 g/mol. The molecule has 31 heavy (non-hydrogen) atoms. The van der Waals surface area contributed by atoms with Crippen LogP contribution in [0.3, 0.4) is 0 Å². The summed E-state index contributed by atoms with van der Waals surface area (Å²) in [7, 11) is 0. The summed E-state index contributed by atoms with van der Waals surface area (Å²) in [6.07, 6.45) is -0.337. The second kappa shape index (κ2) is 8.29. The van der Waals surface area contributed by atoms with Crippen LogP contribution in [-0.4, -0.2) is 60.0 Å². The topological polar surface area (TPSA) is 88.2 Å². The summed E-state index contributed by atoms with van der Waals surface area (Å²) in [5.41, 5.74) is -0.526. The summed E-state index contributed by atoms with van der Waals surface area (Å²) in [5, 5.41) is 2.72. The van der Waals surface area contributed by atoms with Crippen molar-refractivity contribution in [2.45, 2.75) is 25.5 Å². The van der Waals surface area contributed by atoms with E-state index in [0.717, 1.165) is 4.90 Å². The Morgan fingerprint density at radius 1 is 1.13 bits per heavy atom. The van der Waals surface area contributed by atoms with Crippen molar-refractivity contribution in [3.63, 3.8) is 0 Å². The lowest BCUT2D eigenvalue weighted by Crippen LogP contribution is -2.48. The number of nitrogens with zero attached hydrogens (tertiary/aromatic N) is 2. The molecular formula is C23H25N3O5. The molecule has 1 N–H and O–H groups in total. The quantitative estimate of drug-likeness (QED) is 0.720. The normalized spacial score (nSPS) is 22.3. The first-order chi connectivity index (χ1) is 14.9. The van der Waals surface area contributed by atoms with Crippen LogP contribution in [0.25, 0.3) is 0 Å². The van der Waals surface area contributed by atoms with Crippen molar-refractivity contribution in [2.75, 3.05) is 26.2 Å². The van der Waals surface area contributed by atoms with Crippen molar-refractivity contribution in [1.29, 1.82) is 0 Å². The third-order valence-electron chi connectivity index (χ3n) is 5.65. The van der Waals surface area contributed by atoms with Crippen LogP contribution in [-0.2, 0) is 15.1 Å². The highest BCUT2D eigenvalue weighted by atomic mass is 16.6. The average Bonchev–Trinajstić information content (AvgIpc) is 3.01. The first kappa shape index (κ1) is 20.7. The summed E-state index contributed by atoms with van der Waals surface area (Å²) < 4.78 is 11.7. The number of hydrogen-bond acceptors (Lipinski definition) is 5. The molecule has 2 aromatic carbocycles. The van der Waals surface area contributed by atoms with Crippen molar-refractivity contribution in [1.82, 2.24) is 15.1 Å². The van der Waals surface area contributed by atoms with Gasteiger partial charge in [-0.15, -0.1) is 0 Å².